The van der Waals surface area contributed by atoms with E-state index in [2.05, 4.69) is 15.9 Å². The van der Waals surface area contributed by atoms with Crippen molar-refractivity contribution in [2.45, 2.75) is 26.8 Å². The zero-order valence-electron chi connectivity index (χ0n) is 22.1. The molecule has 0 saturated carbocycles. The van der Waals surface area contributed by atoms with E-state index in [0.717, 1.165) is 21.9 Å². The average molecular weight is 607 g/mol. The van der Waals surface area contributed by atoms with Gasteiger partial charge in [0.25, 0.3) is 11.5 Å². The minimum absolute atomic E-state index is 0.117. The van der Waals surface area contributed by atoms with Crippen LogP contribution in [0.25, 0.3) is 16.8 Å². The lowest BCUT2D eigenvalue weighted by molar-refractivity contribution is -0.127. The van der Waals surface area contributed by atoms with Crippen LogP contribution in [0.5, 0.6) is 11.5 Å². The monoisotopic (exact) mass is 605 g/mol. The van der Waals surface area contributed by atoms with Crippen molar-refractivity contribution in [2.75, 3.05) is 20.2 Å². The fraction of sp³-hybridized carbons (Fsp3) is 0.233. The zero-order valence-corrected chi connectivity index (χ0v) is 24.5. The maximum absolute atomic E-state index is 14.1. The first-order chi connectivity index (χ1) is 18.8. The molecule has 1 aromatic heterocycles. The van der Waals surface area contributed by atoms with Crippen LogP contribution < -0.4 is 19.6 Å². The number of aromatic nitrogens is 1. The number of nitrogens with zero attached hydrogens (tertiary/aromatic N) is 3. The van der Waals surface area contributed by atoms with Crippen molar-refractivity contribution in [2.24, 2.45) is 4.99 Å². The topological polar surface area (TPSA) is 84.1 Å². The molecule has 1 N–H and O–H groups in total. The normalized spacial score (nSPS) is 15.3. The number of aromatic hydroxyl groups is 1. The van der Waals surface area contributed by atoms with Gasteiger partial charge >= 0.3 is 0 Å². The lowest BCUT2D eigenvalue weighted by Crippen LogP contribution is -2.43. The van der Waals surface area contributed by atoms with E-state index >= 15 is 0 Å². The van der Waals surface area contributed by atoms with Crippen LogP contribution >= 0.6 is 27.3 Å². The fourth-order valence-corrected chi connectivity index (χ4v) is 6.49. The number of phenols is 1. The van der Waals surface area contributed by atoms with E-state index in [1.807, 2.05) is 57.2 Å². The molecule has 200 valence electrons. The predicted molar refractivity (Wildman–Crippen MR) is 158 cm³/mol. The maximum atomic E-state index is 14.1. The first kappa shape index (κ1) is 26.9. The van der Waals surface area contributed by atoms with Crippen LogP contribution in [-0.2, 0) is 4.79 Å². The molecule has 1 atom stereocenters. The number of ether oxygens (including phenoxy) is 1. The highest BCUT2D eigenvalue weighted by molar-refractivity contribution is 9.10. The summed E-state index contributed by atoms with van der Waals surface area (Å²) in [5.41, 5.74) is 2.28. The molecule has 0 saturated heterocycles. The number of benzene rings is 3. The lowest BCUT2D eigenvalue weighted by Gasteiger charge is -2.30. The molecule has 39 heavy (non-hydrogen) atoms. The first-order valence-electron chi connectivity index (χ1n) is 12.6. The Balaban J connectivity index is 1.85. The van der Waals surface area contributed by atoms with Crippen molar-refractivity contribution in [3.63, 3.8) is 0 Å². The number of carbonyl (C=O) groups excluding carboxylic acids is 1. The summed E-state index contributed by atoms with van der Waals surface area (Å²) in [6, 6.07) is 16.1. The van der Waals surface area contributed by atoms with Gasteiger partial charge in [-0.3, -0.25) is 14.2 Å². The summed E-state index contributed by atoms with van der Waals surface area (Å²) in [5, 5.41) is 11.8. The summed E-state index contributed by atoms with van der Waals surface area (Å²) in [5.74, 6) is 0.556. The second-order valence-corrected chi connectivity index (χ2v) is 11.0. The van der Waals surface area contributed by atoms with Crippen LogP contribution in [0, 0.1) is 0 Å². The van der Waals surface area contributed by atoms with E-state index < -0.39 is 6.04 Å². The van der Waals surface area contributed by atoms with Crippen LogP contribution in [-0.4, -0.2) is 40.7 Å². The van der Waals surface area contributed by atoms with Gasteiger partial charge in [-0.2, -0.15) is 0 Å². The minimum atomic E-state index is -0.732. The van der Waals surface area contributed by atoms with Crippen molar-refractivity contribution in [1.82, 2.24) is 9.47 Å². The number of thiazole rings is 1. The molecule has 1 aliphatic heterocycles. The molecular weight excluding hydrogens is 578 g/mol. The molecule has 7 nitrogen and oxygen atoms in total. The molecule has 0 aliphatic carbocycles. The van der Waals surface area contributed by atoms with Crippen molar-refractivity contribution < 1.29 is 14.6 Å². The van der Waals surface area contributed by atoms with E-state index in [1.165, 1.54) is 11.3 Å². The third-order valence-electron chi connectivity index (χ3n) is 7.00. The Bertz CT molecular complexity index is 1820. The van der Waals surface area contributed by atoms with Crippen LogP contribution in [0.15, 0.2) is 80.1 Å². The number of hydrogen-bond acceptors (Lipinski definition) is 6. The third-order valence-corrected chi connectivity index (χ3v) is 8.61. The molecule has 2 heterocycles. The number of hydrogen-bond donors (Lipinski definition) is 1. The van der Waals surface area contributed by atoms with Gasteiger partial charge in [-0.1, -0.05) is 47.7 Å². The Morgan fingerprint density at radius 1 is 1.18 bits per heavy atom. The van der Waals surface area contributed by atoms with E-state index in [1.54, 1.807) is 40.9 Å². The highest BCUT2D eigenvalue weighted by Crippen LogP contribution is 2.40. The number of amides is 1. The maximum Gasteiger partial charge on any atom is 0.271 e. The highest BCUT2D eigenvalue weighted by atomic mass is 79.9. The highest BCUT2D eigenvalue weighted by Gasteiger charge is 2.36. The number of allylic oxidation sites excluding steroid dienone is 1. The summed E-state index contributed by atoms with van der Waals surface area (Å²) < 4.78 is 8.47. The van der Waals surface area contributed by atoms with E-state index in [-0.39, 0.29) is 17.2 Å². The third kappa shape index (κ3) is 4.70. The first-order valence-corrected chi connectivity index (χ1v) is 14.3. The van der Waals surface area contributed by atoms with E-state index in [4.69, 9.17) is 9.73 Å². The molecule has 4 aromatic rings. The number of halogens is 1. The molecule has 0 radical (unpaired) electrons. The Labute approximate surface area is 238 Å². The second kappa shape index (κ2) is 10.8. The second-order valence-electron chi connectivity index (χ2n) is 9.17. The number of phenolic OH excluding ortho intramolecular Hbond substituents is 1. The summed E-state index contributed by atoms with van der Waals surface area (Å²) in [7, 11) is 1.60. The average Bonchev–Trinajstić information content (AvgIpc) is 3.23. The smallest absolute Gasteiger partial charge is 0.271 e. The van der Waals surface area contributed by atoms with E-state index in [9.17, 15) is 14.7 Å². The van der Waals surface area contributed by atoms with Crippen molar-refractivity contribution in [3.05, 3.63) is 101 Å². The predicted octanol–water partition coefficient (Wildman–Crippen LogP) is 4.73. The van der Waals surface area contributed by atoms with Gasteiger partial charge in [0.1, 0.15) is 17.5 Å². The van der Waals surface area contributed by atoms with Crippen LogP contribution in [0.1, 0.15) is 37.9 Å². The quantitative estimate of drug-likeness (QED) is 0.344. The molecule has 9 heteroatoms. The molecule has 0 bridgehead atoms. The molecule has 0 fully saturated rings. The largest absolute Gasteiger partial charge is 0.507 e. The number of rotatable bonds is 6. The van der Waals surface area contributed by atoms with Gasteiger partial charge in [-0.15, -0.1) is 0 Å². The summed E-state index contributed by atoms with van der Waals surface area (Å²) in [6.07, 6.45) is 1.77. The Morgan fingerprint density at radius 3 is 2.62 bits per heavy atom. The minimum Gasteiger partial charge on any atom is -0.507 e. The Kier molecular flexibility index (Phi) is 7.46. The molecule has 0 spiro atoms. The summed E-state index contributed by atoms with van der Waals surface area (Å²) >= 11 is 4.61. The van der Waals surface area contributed by atoms with Gasteiger partial charge in [0.05, 0.1) is 27.4 Å². The van der Waals surface area contributed by atoms with Crippen molar-refractivity contribution >= 4 is 50.0 Å². The van der Waals surface area contributed by atoms with Crippen LogP contribution in [0.2, 0.25) is 0 Å². The lowest BCUT2D eigenvalue weighted by atomic mass is 9.90. The number of carbonyl (C=O) groups is 1. The summed E-state index contributed by atoms with van der Waals surface area (Å²) in [4.78, 5) is 35.1. The fourth-order valence-electron chi connectivity index (χ4n) is 5.05. The molecule has 1 amide bonds. The number of methoxy groups -OCH3 is 1. The molecule has 0 unspecified atom stereocenters. The molecule has 5 rings (SSSR count). The number of fused-ring (bicyclic) bond motifs is 2. The molecular formula is C30H28BrN3O4S. The van der Waals surface area contributed by atoms with Crippen LogP contribution in [0.4, 0.5) is 0 Å². The SMILES string of the molecule is CCN(CC)C(=O)C1=C(C)N=c2s/c(=C/c3ccc(O)c(Br)c3)c(=O)n2[C@@H]1c1c(OC)ccc2ccccc12. The number of likely N-dealkylation sites (N-methyl/N-ethyl adjacent to an activating group) is 1. The molecule has 1 aliphatic rings. The Morgan fingerprint density at radius 2 is 1.92 bits per heavy atom. The van der Waals surface area contributed by atoms with Gasteiger partial charge in [0.15, 0.2) is 4.80 Å². The Hall–Kier alpha value is -3.69. The zero-order chi connectivity index (χ0) is 27.8. The van der Waals surface area contributed by atoms with Gasteiger partial charge in [0.2, 0.25) is 0 Å². The van der Waals surface area contributed by atoms with Crippen LogP contribution in [0.3, 0.4) is 0 Å². The summed E-state index contributed by atoms with van der Waals surface area (Å²) in [6.45, 7) is 6.78. The van der Waals surface area contributed by atoms with Gasteiger partial charge < -0.3 is 14.7 Å². The van der Waals surface area contributed by atoms with Crippen molar-refractivity contribution in [1.29, 1.82) is 0 Å². The van der Waals surface area contributed by atoms with Gasteiger partial charge in [-0.05, 0) is 77.3 Å². The van der Waals surface area contributed by atoms with Crippen molar-refractivity contribution in [3.8, 4) is 11.5 Å². The molecule has 3 aromatic carbocycles. The van der Waals surface area contributed by atoms with Gasteiger partial charge in [-0.25, -0.2) is 4.99 Å². The van der Waals surface area contributed by atoms with Gasteiger partial charge in [0, 0.05) is 18.7 Å². The standard InChI is InChI=1S/C30H28BrN3O4S/c1-5-33(6-2)29(37)25-17(3)32-30-34(28(36)24(39-30)16-18-11-13-22(35)21(31)15-18)27(25)26-20-10-8-7-9-19(20)12-14-23(26)38-4/h7-16,27,35H,5-6H2,1-4H3/b24-16+/t27-/m0/s1. The van der Waals surface area contributed by atoms with E-state index in [0.29, 0.717) is 43.9 Å².